The van der Waals surface area contributed by atoms with Crippen molar-refractivity contribution in [3.05, 3.63) is 149 Å². The predicted octanol–water partition coefficient (Wildman–Crippen LogP) is 8.78. The van der Waals surface area contributed by atoms with E-state index < -0.39 is 10.0 Å². The Morgan fingerprint density at radius 3 is 2.31 bits per heavy atom. The molecular formula is C41H43N5O3S2. The molecule has 8 nitrogen and oxygen atoms in total. The minimum absolute atomic E-state index is 0.0846. The van der Waals surface area contributed by atoms with Gasteiger partial charge in [-0.3, -0.25) is 4.72 Å². The summed E-state index contributed by atoms with van der Waals surface area (Å²) in [5.74, 6) is 1.18. The molecule has 51 heavy (non-hydrogen) atoms. The molecule has 0 unspecified atom stereocenters. The largest absolute Gasteiger partial charge is 0.384 e. The lowest BCUT2D eigenvalue weighted by Crippen LogP contribution is -2.46. The fraction of sp³-hybridized carbons (Fsp3) is 0.244. The van der Waals surface area contributed by atoms with Crippen molar-refractivity contribution < 1.29 is 12.9 Å². The van der Waals surface area contributed by atoms with Gasteiger partial charge in [0.2, 0.25) is 0 Å². The Labute approximate surface area is 305 Å². The first kappa shape index (κ1) is 34.5. The van der Waals surface area contributed by atoms with Crippen LogP contribution >= 0.6 is 11.8 Å². The molecule has 1 saturated heterocycles. The zero-order valence-electron chi connectivity index (χ0n) is 28.8. The molecule has 2 N–H and O–H groups in total. The molecule has 7 rings (SSSR count). The highest BCUT2D eigenvalue weighted by molar-refractivity contribution is 8.03. The highest BCUT2D eigenvalue weighted by atomic mass is 32.2. The van der Waals surface area contributed by atoms with E-state index >= 15 is 0 Å². The van der Waals surface area contributed by atoms with E-state index in [0.29, 0.717) is 11.0 Å². The first-order valence-electron chi connectivity index (χ1n) is 17.4. The smallest absolute Gasteiger partial charge is 0.263 e. The van der Waals surface area contributed by atoms with Crippen molar-refractivity contribution in [2.24, 2.45) is 0 Å². The van der Waals surface area contributed by atoms with Gasteiger partial charge in [0, 0.05) is 72.4 Å². The summed E-state index contributed by atoms with van der Waals surface area (Å²) >= 11 is 1.82. The molecule has 0 amide bonds. The third kappa shape index (κ3) is 8.02. The van der Waals surface area contributed by atoms with Gasteiger partial charge in [-0.05, 0) is 66.8 Å². The summed E-state index contributed by atoms with van der Waals surface area (Å²) in [6.45, 7) is 10.6. The molecule has 1 fully saturated rings. The van der Waals surface area contributed by atoms with E-state index in [1.54, 1.807) is 12.1 Å². The molecule has 1 aromatic heterocycles. The molecule has 262 valence electrons. The Kier molecular flexibility index (Phi) is 10.5. The normalized spacial score (nSPS) is 14.9. The van der Waals surface area contributed by atoms with Gasteiger partial charge in [-0.15, -0.1) is 11.8 Å². The second-order valence-electron chi connectivity index (χ2n) is 12.9. The van der Waals surface area contributed by atoms with Gasteiger partial charge in [0.25, 0.3) is 10.0 Å². The van der Waals surface area contributed by atoms with Crippen LogP contribution in [0.15, 0.2) is 142 Å². The number of rotatable bonds is 13. The van der Waals surface area contributed by atoms with Crippen LogP contribution in [0.5, 0.6) is 0 Å². The van der Waals surface area contributed by atoms with Crippen LogP contribution in [-0.2, 0) is 10.0 Å². The summed E-state index contributed by atoms with van der Waals surface area (Å²) < 4.78 is 35.1. The van der Waals surface area contributed by atoms with Gasteiger partial charge >= 0.3 is 0 Å². The van der Waals surface area contributed by atoms with E-state index in [0.717, 1.165) is 74.0 Å². The average molecular weight is 718 g/mol. The molecule has 2 aliphatic rings. The molecule has 0 bridgehead atoms. The molecule has 0 saturated carbocycles. The fourth-order valence-electron chi connectivity index (χ4n) is 6.74. The number of aryl methyl sites for hydroxylation is 1. The number of hydrogen-bond donors (Lipinski definition) is 2. The van der Waals surface area contributed by atoms with Crippen LogP contribution in [-0.4, -0.2) is 57.0 Å². The molecule has 5 aromatic rings. The van der Waals surface area contributed by atoms with Crippen molar-refractivity contribution in [3.8, 4) is 0 Å². The highest BCUT2D eigenvalue weighted by Crippen LogP contribution is 2.35. The topological polar surface area (TPSA) is 90.7 Å². The predicted molar refractivity (Wildman–Crippen MR) is 211 cm³/mol. The molecule has 0 atom stereocenters. The van der Waals surface area contributed by atoms with Gasteiger partial charge in [-0.2, -0.15) is 0 Å². The van der Waals surface area contributed by atoms with Crippen molar-refractivity contribution in [2.45, 2.75) is 30.6 Å². The van der Waals surface area contributed by atoms with Crippen LogP contribution in [0.2, 0.25) is 0 Å². The fourth-order valence-corrected chi connectivity index (χ4v) is 8.70. The van der Waals surface area contributed by atoms with Crippen molar-refractivity contribution in [2.75, 3.05) is 53.4 Å². The van der Waals surface area contributed by atoms with E-state index in [2.05, 4.69) is 98.3 Å². The maximum Gasteiger partial charge on any atom is 0.263 e. The number of hydrogen-bond acceptors (Lipinski definition) is 8. The highest BCUT2D eigenvalue weighted by Gasteiger charge is 2.26. The Balaban J connectivity index is 0.971. The molecule has 2 heterocycles. The molecule has 4 aromatic carbocycles. The SMILES string of the molecule is C=C(C(c1ccccc1)c1ccccc1)N1CCN(c2ccc3c(NS(=O)(=O)c4ccc(NCCSC5=CCCC=C5)c(C)c4)noc3c2)CC1. The van der Waals surface area contributed by atoms with Gasteiger partial charge in [0.1, 0.15) is 0 Å². The lowest BCUT2D eigenvalue weighted by molar-refractivity contribution is 0.309. The molecule has 0 radical (unpaired) electrons. The Morgan fingerprint density at radius 1 is 0.922 bits per heavy atom. The van der Waals surface area contributed by atoms with E-state index in [4.69, 9.17) is 4.52 Å². The molecule has 0 spiro atoms. The van der Waals surface area contributed by atoms with E-state index in [1.165, 1.54) is 16.0 Å². The third-order valence-electron chi connectivity index (χ3n) is 9.49. The molecular weight excluding hydrogens is 675 g/mol. The Morgan fingerprint density at radius 2 is 1.65 bits per heavy atom. The second-order valence-corrected chi connectivity index (χ2v) is 15.7. The van der Waals surface area contributed by atoms with Crippen molar-refractivity contribution in [1.82, 2.24) is 10.1 Å². The number of allylic oxidation sites excluding steroid dienone is 4. The zero-order chi connectivity index (χ0) is 35.2. The average Bonchev–Trinajstić information content (AvgIpc) is 3.56. The van der Waals surface area contributed by atoms with Crippen LogP contribution in [0.3, 0.4) is 0 Å². The summed E-state index contributed by atoms with van der Waals surface area (Å²) in [5.41, 5.74) is 6.86. The molecule has 10 heteroatoms. The monoisotopic (exact) mass is 717 g/mol. The third-order valence-corrected chi connectivity index (χ3v) is 11.9. The first-order valence-corrected chi connectivity index (χ1v) is 19.9. The van der Waals surface area contributed by atoms with Gasteiger partial charge in [-0.25, -0.2) is 8.42 Å². The number of benzene rings is 4. The number of fused-ring (bicyclic) bond motifs is 1. The van der Waals surface area contributed by atoms with Crippen molar-refractivity contribution in [3.63, 3.8) is 0 Å². The number of anilines is 3. The second kappa shape index (κ2) is 15.5. The summed E-state index contributed by atoms with van der Waals surface area (Å²) in [5, 5.41) is 8.15. The van der Waals surface area contributed by atoms with Crippen LogP contribution < -0.4 is 14.9 Å². The number of nitrogens with one attached hydrogen (secondary N) is 2. The van der Waals surface area contributed by atoms with Gasteiger partial charge < -0.3 is 19.6 Å². The minimum atomic E-state index is -3.89. The van der Waals surface area contributed by atoms with Crippen LogP contribution in [0.4, 0.5) is 17.2 Å². The summed E-state index contributed by atoms with van der Waals surface area (Å²) in [6, 6.07) is 32.0. The number of thioether (sulfide) groups is 1. The Hall–Kier alpha value is -4.93. The van der Waals surface area contributed by atoms with Crippen LogP contribution in [0, 0.1) is 6.92 Å². The lowest BCUT2D eigenvalue weighted by atomic mass is 9.88. The van der Waals surface area contributed by atoms with Crippen molar-refractivity contribution >= 4 is 49.9 Å². The Bertz CT molecular complexity index is 2120. The van der Waals surface area contributed by atoms with Crippen LogP contribution in [0.25, 0.3) is 11.0 Å². The summed E-state index contributed by atoms with van der Waals surface area (Å²) in [4.78, 5) is 6.18. The number of sulfonamides is 1. The standard InChI is InChI=1S/C41H43N5O3S2/c1-30-28-36(19-21-38(30)42-22-27-50-35-16-10-5-11-17-35)51(47,48)44-41-37-20-18-34(29-39(37)49-43-41)46-25-23-45(24-26-46)31(2)40(32-12-6-3-7-13-32)33-14-8-4-9-15-33/h3-4,6-10,12-21,28-29,40,42H,2,5,11,22-27H2,1H3,(H,43,44). The molecule has 1 aliphatic carbocycles. The van der Waals surface area contributed by atoms with Gasteiger partial charge in [-0.1, -0.05) is 90.6 Å². The van der Waals surface area contributed by atoms with Gasteiger partial charge in [0.05, 0.1) is 10.3 Å². The van der Waals surface area contributed by atoms with E-state index in [1.807, 2.05) is 55.1 Å². The van der Waals surface area contributed by atoms with Crippen molar-refractivity contribution in [1.29, 1.82) is 0 Å². The summed E-state index contributed by atoms with van der Waals surface area (Å²) in [6.07, 6.45) is 8.87. The van der Waals surface area contributed by atoms with Crippen LogP contribution in [0.1, 0.15) is 35.4 Å². The number of aromatic nitrogens is 1. The minimum Gasteiger partial charge on any atom is -0.384 e. The first-order chi connectivity index (χ1) is 24.9. The lowest BCUT2D eigenvalue weighted by Gasteiger charge is -2.40. The number of nitrogens with zero attached hydrogens (tertiary/aromatic N) is 3. The maximum atomic E-state index is 13.4. The van der Waals surface area contributed by atoms with E-state index in [-0.39, 0.29) is 16.6 Å². The number of piperazine rings is 1. The quantitative estimate of drug-likeness (QED) is 0.117. The van der Waals surface area contributed by atoms with E-state index in [9.17, 15) is 8.42 Å². The molecule has 1 aliphatic heterocycles. The zero-order valence-corrected chi connectivity index (χ0v) is 30.4. The van der Waals surface area contributed by atoms with Gasteiger partial charge in [0.15, 0.2) is 11.4 Å². The maximum absolute atomic E-state index is 13.4. The summed E-state index contributed by atoms with van der Waals surface area (Å²) in [7, 11) is -3.89.